The van der Waals surface area contributed by atoms with Crippen molar-refractivity contribution in [2.24, 2.45) is 23.2 Å². The number of likely N-dealkylation sites (N-methyl/N-ethyl adjacent to an activating group) is 1. The molecule has 0 aromatic heterocycles. The highest BCUT2D eigenvalue weighted by molar-refractivity contribution is 5.91. The zero-order valence-corrected chi connectivity index (χ0v) is 16.2. The molecule has 1 N–H and O–H groups in total. The van der Waals surface area contributed by atoms with Gasteiger partial charge in [-0.25, -0.2) is 0 Å². The lowest BCUT2D eigenvalue weighted by Crippen LogP contribution is -2.50. The number of benzene rings is 1. The van der Waals surface area contributed by atoms with E-state index in [1.807, 2.05) is 6.08 Å². The van der Waals surface area contributed by atoms with Crippen LogP contribution in [0.5, 0.6) is 0 Å². The summed E-state index contributed by atoms with van der Waals surface area (Å²) in [6.45, 7) is 2.27. The van der Waals surface area contributed by atoms with Crippen LogP contribution < -0.4 is 5.32 Å². The summed E-state index contributed by atoms with van der Waals surface area (Å²) in [4.78, 5) is 13.8. The third kappa shape index (κ3) is 3.88. The van der Waals surface area contributed by atoms with Gasteiger partial charge in [-0.2, -0.15) is 0 Å². The lowest BCUT2D eigenvalue weighted by molar-refractivity contribution is -0.115. The molecule has 4 aliphatic rings. The second-order valence-corrected chi connectivity index (χ2v) is 9.28. The molecule has 0 saturated heterocycles. The Balaban J connectivity index is 1.34. The van der Waals surface area contributed by atoms with Crippen LogP contribution in [0.3, 0.4) is 0 Å². The summed E-state index contributed by atoms with van der Waals surface area (Å²) in [6, 6.07) is 8.60. The maximum Gasteiger partial charge on any atom is 0.243 e. The number of carbonyl (C=O) groups excluding carboxylic acids is 1. The second-order valence-electron chi connectivity index (χ2n) is 9.28. The van der Waals surface area contributed by atoms with Crippen molar-refractivity contribution in [1.82, 2.24) is 10.2 Å². The lowest BCUT2D eigenvalue weighted by Gasteiger charge is -2.57. The van der Waals surface area contributed by atoms with Crippen molar-refractivity contribution in [2.45, 2.75) is 45.1 Å². The van der Waals surface area contributed by atoms with Crippen LogP contribution in [-0.4, -0.2) is 31.4 Å². The minimum Gasteiger partial charge on any atom is -0.356 e. The summed E-state index contributed by atoms with van der Waals surface area (Å²) < 4.78 is 0. The quantitative estimate of drug-likeness (QED) is 0.782. The van der Waals surface area contributed by atoms with Crippen LogP contribution in [0.2, 0.25) is 0 Å². The second kappa shape index (κ2) is 7.19. The van der Waals surface area contributed by atoms with E-state index in [0.29, 0.717) is 5.41 Å². The van der Waals surface area contributed by atoms with Crippen LogP contribution in [0.4, 0.5) is 0 Å². The Labute approximate surface area is 157 Å². The molecule has 0 radical (unpaired) electrons. The van der Waals surface area contributed by atoms with Crippen molar-refractivity contribution in [3.05, 3.63) is 41.5 Å². The largest absolute Gasteiger partial charge is 0.356 e. The molecule has 1 aromatic carbocycles. The van der Waals surface area contributed by atoms with Gasteiger partial charge in [-0.15, -0.1) is 0 Å². The Morgan fingerprint density at radius 3 is 2.23 bits per heavy atom. The van der Waals surface area contributed by atoms with Crippen molar-refractivity contribution < 1.29 is 4.79 Å². The van der Waals surface area contributed by atoms with E-state index >= 15 is 0 Å². The van der Waals surface area contributed by atoms with E-state index in [-0.39, 0.29) is 5.91 Å². The van der Waals surface area contributed by atoms with Crippen molar-refractivity contribution >= 4 is 12.0 Å². The molecule has 0 aliphatic heterocycles. The number of nitrogens with zero attached hydrogens (tertiary/aromatic N) is 1. The van der Waals surface area contributed by atoms with Crippen molar-refractivity contribution in [3.63, 3.8) is 0 Å². The third-order valence-electron chi connectivity index (χ3n) is 6.88. The van der Waals surface area contributed by atoms with E-state index in [2.05, 4.69) is 41.5 Å². The van der Waals surface area contributed by atoms with Crippen molar-refractivity contribution in [1.29, 1.82) is 0 Å². The Morgan fingerprint density at radius 1 is 1.12 bits per heavy atom. The molecule has 4 saturated carbocycles. The first-order valence-electron chi connectivity index (χ1n) is 10.2. The van der Waals surface area contributed by atoms with Gasteiger partial charge in [0.25, 0.3) is 0 Å². The summed E-state index contributed by atoms with van der Waals surface area (Å²) in [5, 5.41) is 2.60. The molecule has 4 fully saturated rings. The fourth-order valence-electron chi connectivity index (χ4n) is 6.41. The maximum absolute atomic E-state index is 11.3. The van der Waals surface area contributed by atoms with Gasteiger partial charge in [0, 0.05) is 26.2 Å². The third-order valence-corrected chi connectivity index (χ3v) is 6.88. The fraction of sp³-hybridized carbons (Fsp3) is 0.609. The van der Waals surface area contributed by atoms with E-state index in [9.17, 15) is 4.79 Å². The van der Waals surface area contributed by atoms with Gasteiger partial charge in [-0.1, -0.05) is 24.3 Å². The van der Waals surface area contributed by atoms with Gasteiger partial charge in [0.15, 0.2) is 0 Å². The topological polar surface area (TPSA) is 32.3 Å². The molecule has 0 atom stereocenters. The molecule has 4 aliphatic carbocycles. The SMILES string of the molecule is CNC(=O)/C=C/c1ccc(CN(C)CC23CC4CC(CC(C4)C2)C3)cc1. The highest BCUT2D eigenvalue weighted by atomic mass is 16.1. The molecule has 0 unspecified atom stereocenters. The normalized spacial score (nSPS) is 32.5. The van der Waals surface area contributed by atoms with Crippen molar-refractivity contribution in [2.75, 3.05) is 20.6 Å². The van der Waals surface area contributed by atoms with Gasteiger partial charge in [0.1, 0.15) is 0 Å². The molecule has 3 heteroatoms. The average molecular weight is 353 g/mol. The zero-order valence-electron chi connectivity index (χ0n) is 16.2. The maximum atomic E-state index is 11.3. The van der Waals surface area contributed by atoms with Crippen LogP contribution in [0.1, 0.15) is 49.7 Å². The predicted octanol–water partition coefficient (Wildman–Crippen LogP) is 4.09. The first-order chi connectivity index (χ1) is 12.5. The summed E-state index contributed by atoms with van der Waals surface area (Å²) in [6.07, 6.45) is 12.4. The first-order valence-corrected chi connectivity index (χ1v) is 10.2. The summed E-state index contributed by atoms with van der Waals surface area (Å²) >= 11 is 0. The number of hydrogen-bond acceptors (Lipinski definition) is 2. The number of rotatable bonds is 6. The van der Waals surface area contributed by atoms with Crippen molar-refractivity contribution in [3.8, 4) is 0 Å². The minimum absolute atomic E-state index is 0.0654. The van der Waals surface area contributed by atoms with Crippen LogP contribution in [0, 0.1) is 23.2 Å². The molecule has 0 heterocycles. The molecular formula is C23H32N2O. The van der Waals surface area contributed by atoms with E-state index in [0.717, 1.165) is 29.9 Å². The predicted molar refractivity (Wildman–Crippen MR) is 106 cm³/mol. The molecule has 1 aromatic rings. The molecule has 5 rings (SSSR count). The number of carbonyl (C=O) groups is 1. The molecular weight excluding hydrogens is 320 g/mol. The first kappa shape index (κ1) is 17.8. The zero-order chi connectivity index (χ0) is 18.1. The smallest absolute Gasteiger partial charge is 0.243 e. The Kier molecular flexibility index (Phi) is 4.92. The van der Waals surface area contributed by atoms with E-state index < -0.39 is 0 Å². The van der Waals surface area contributed by atoms with Crippen LogP contribution >= 0.6 is 0 Å². The lowest BCUT2D eigenvalue weighted by atomic mass is 9.49. The number of nitrogens with one attached hydrogen (secondary N) is 1. The van der Waals surface area contributed by atoms with Gasteiger partial charge in [-0.3, -0.25) is 4.79 Å². The highest BCUT2D eigenvalue weighted by Gasteiger charge is 2.50. The summed E-state index contributed by atoms with van der Waals surface area (Å²) in [5.41, 5.74) is 3.04. The number of hydrogen-bond donors (Lipinski definition) is 1. The van der Waals surface area contributed by atoms with Crippen LogP contribution in [-0.2, 0) is 11.3 Å². The molecule has 0 spiro atoms. The standard InChI is InChI=1S/C23H32N2O/c1-24-22(26)8-7-17-3-5-18(6-4-17)15-25(2)16-23-12-19-9-20(13-23)11-21(10-19)14-23/h3-8,19-21H,9-16H2,1-2H3,(H,24,26)/b8-7+. The highest BCUT2D eigenvalue weighted by Crippen LogP contribution is 2.60. The van der Waals surface area contributed by atoms with Gasteiger partial charge in [-0.05, 0) is 85.9 Å². The van der Waals surface area contributed by atoms with Crippen LogP contribution in [0.15, 0.2) is 30.3 Å². The molecule has 3 nitrogen and oxygen atoms in total. The Hall–Kier alpha value is -1.61. The van der Waals surface area contributed by atoms with Gasteiger partial charge < -0.3 is 10.2 Å². The monoisotopic (exact) mass is 352 g/mol. The molecule has 4 bridgehead atoms. The van der Waals surface area contributed by atoms with Gasteiger partial charge in [0.05, 0.1) is 0 Å². The Bertz CT molecular complexity index is 641. The summed E-state index contributed by atoms with van der Waals surface area (Å²) in [5.74, 6) is 3.02. The average Bonchev–Trinajstić information content (AvgIpc) is 2.59. The fourth-order valence-corrected chi connectivity index (χ4v) is 6.41. The molecule has 140 valence electrons. The van der Waals surface area contributed by atoms with Gasteiger partial charge in [0.2, 0.25) is 5.91 Å². The Morgan fingerprint density at radius 2 is 1.69 bits per heavy atom. The van der Waals surface area contributed by atoms with E-state index in [4.69, 9.17) is 0 Å². The molecule has 26 heavy (non-hydrogen) atoms. The summed E-state index contributed by atoms with van der Waals surface area (Å²) in [7, 11) is 3.94. The minimum atomic E-state index is -0.0654. The number of amides is 1. The van der Waals surface area contributed by atoms with Gasteiger partial charge >= 0.3 is 0 Å². The van der Waals surface area contributed by atoms with E-state index in [1.165, 1.54) is 50.6 Å². The van der Waals surface area contributed by atoms with E-state index in [1.54, 1.807) is 13.1 Å². The molecule has 1 amide bonds. The van der Waals surface area contributed by atoms with Crippen LogP contribution in [0.25, 0.3) is 6.08 Å².